The number of aliphatic hydroxyl groups is 1. The van der Waals surface area contributed by atoms with E-state index in [2.05, 4.69) is 16.0 Å². The molecule has 1 fully saturated rings. The van der Waals surface area contributed by atoms with E-state index in [0.29, 0.717) is 11.7 Å². The number of methoxy groups -OCH3 is 1. The average Bonchev–Trinajstić information content (AvgIpc) is 2.95. The average molecular weight is 287 g/mol. The number of ether oxygens (including phenoxy) is 1. The first-order valence-corrected chi connectivity index (χ1v) is 7.26. The highest BCUT2D eigenvalue weighted by Gasteiger charge is 2.22. The molecule has 1 saturated heterocycles. The number of pyridine rings is 1. The first-order chi connectivity index (χ1) is 10.2. The molecular weight excluding hydrogens is 266 g/mol. The van der Waals surface area contributed by atoms with Gasteiger partial charge >= 0.3 is 0 Å². The van der Waals surface area contributed by atoms with Gasteiger partial charge in [-0.15, -0.1) is 0 Å². The molecule has 1 aromatic heterocycles. The number of hydrogen-bond acceptors (Lipinski definition) is 5. The molecule has 0 saturated carbocycles. The molecule has 0 amide bonds. The number of aromatic nitrogens is 1. The fourth-order valence-corrected chi connectivity index (χ4v) is 2.91. The maximum Gasteiger partial charge on any atom is 0.128 e. The molecule has 5 nitrogen and oxygen atoms in total. The summed E-state index contributed by atoms with van der Waals surface area (Å²) in [5.41, 5.74) is 8.00. The predicted molar refractivity (Wildman–Crippen MR) is 83.2 cm³/mol. The van der Waals surface area contributed by atoms with E-state index >= 15 is 0 Å². The Morgan fingerprint density at radius 2 is 2.29 bits per heavy atom. The number of fused-ring (bicyclic) bond motifs is 1. The first kappa shape index (κ1) is 14.1. The molecule has 1 atom stereocenters. The van der Waals surface area contributed by atoms with Crippen LogP contribution in [0.15, 0.2) is 24.3 Å². The van der Waals surface area contributed by atoms with Crippen molar-refractivity contribution in [2.75, 3.05) is 32.5 Å². The number of rotatable bonds is 4. The van der Waals surface area contributed by atoms with Crippen LogP contribution in [0, 0.1) is 5.92 Å². The molecule has 1 aliphatic heterocycles. The second-order valence-corrected chi connectivity index (χ2v) is 5.66. The van der Waals surface area contributed by atoms with Gasteiger partial charge in [0.05, 0.1) is 12.6 Å². The smallest absolute Gasteiger partial charge is 0.128 e. The Morgan fingerprint density at radius 3 is 3.00 bits per heavy atom. The van der Waals surface area contributed by atoms with Crippen LogP contribution in [0.5, 0.6) is 5.75 Å². The second kappa shape index (κ2) is 5.87. The fraction of sp³-hybridized carbons (Fsp3) is 0.438. The number of likely N-dealkylation sites (tertiary alicyclic amines) is 1. The molecule has 1 aromatic carbocycles. The third-order valence-corrected chi connectivity index (χ3v) is 4.16. The summed E-state index contributed by atoms with van der Waals surface area (Å²) in [5.74, 6) is 1.75. The van der Waals surface area contributed by atoms with Crippen LogP contribution in [0.2, 0.25) is 0 Å². The molecule has 0 spiro atoms. The molecule has 0 aliphatic carbocycles. The topological polar surface area (TPSA) is 71.6 Å². The van der Waals surface area contributed by atoms with Crippen LogP contribution >= 0.6 is 0 Å². The standard InChI is InChI=1S/C16H21N3O2/c1-21-14-3-2-12-6-13(16(17)18-15(12)7-14)9-19-5-4-11(8-19)10-20/h2-3,6-7,11,20H,4-5,8-10H2,1H3,(H2,17,18). The maximum atomic E-state index is 9.22. The van der Waals surface area contributed by atoms with Crippen LogP contribution < -0.4 is 10.5 Å². The second-order valence-electron chi connectivity index (χ2n) is 5.66. The summed E-state index contributed by atoms with van der Waals surface area (Å²) in [7, 11) is 1.64. The van der Waals surface area contributed by atoms with E-state index in [9.17, 15) is 5.11 Å². The van der Waals surface area contributed by atoms with Crippen molar-refractivity contribution < 1.29 is 9.84 Å². The number of anilines is 1. The minimum Gasteiger partial charge on any atom is -0.497 e. The summed E-state index contributed by atoms with van der Waals surface area (Å²) in [6, 6.07) is 7.93. The Balaban J connectivity index is 1.84. The van der Waals surface area contributed by atoms with Crippen LogP contribution in [0.25, 0.3) is 10.9 Å². The molecule has 0 bridgehead atoms. The third-order valence-electron chi connectivity index (χ3n) is 4.16. The highest BCUT2D eigenvalue weighted by atomic mass is 16.5. The number of aliphatic hydroxyl groups excluding tert-OH is 1. The number of nitrogens with two attached hydrogens (primary N) is 1. The lowest BCUT2D eigenvalue weighted by molar-refractivity contribution is 0.220. The summed E-state index contributed by atoms with van der Waals surface area (Å²) in [6.45, 7) is 2.99. The number of nitrogens with zero attached hydrogens (tertiary/aromatic N) is 2. The summed E-state index contributed by atoms with van der Waals surface area (Å²) >= 11 is 0. The lowest BCUT2D eigenvalue weighted by Gasteiger charge is -2.17. The largest absolute Gasteiger partial charge is 0.497 e. The summed E-state index contributed by atoms with van der Waals surface area (Å²) in [4.78, 5) is 6.81. The zero-order valence-corrected chi connectivity index (χ0v) is 12.2. The Hall–Kier alpha value is -1.85. The monoisotopic (exact) mass is 287 g/mol. The highest BCUT2D eigenvalue weighted by Crippen LogP contribution is 2.25. The van der Waals surface area contributed by atoms with E-state index in [1.165, 1.54) is 0 Å². The molecule has 112 valence electrons. The first-order valence-electron chi connectivity index (χ1n) is 7.26. The molecule has 2 aromatic rings. The van der Waals surface area contributed by atoms with Gasteiger partial charge in [-0.1, -0.05) is 0 Å². The van der Waals surface area contributed by atoms with Gasteiger partial charge in [0.15, 0.2) is 0 Å². The van der Waals surface area contributed by atoms with E-state index in [1.54, 1.807) is 7.11 Å². The number of benzene rings is 1. The van der Waals surface area contributed by atoms with Crippen molar-refractivity contribution in [1.82, 2.24) is 9.88 Å². The lowest BCUT2D eigenvalue weighted by Crippen LogP contribution is -2.21. The minimum atomic E-state index is 0.266. The maximum absolute atomic E-state index is 9.22. The number of hydrogen-bond donors (Lipinski definition) is 2. The van der Waals surface area contributed by atoms with Crippen LogP contribution in [-0.4, -0.2) is 41.8 Å². The number of nitrogen functional groups attached to an aromatic ring is 1. The van der Waals surface area contributed by atoms with E-state index in [-0.39, 0.29) is 6.61 Å². The highest BCUT2D eigenvalue weighted by molar-refractivity contribution is 5.82. The molecule has 3 rings (SSSR count). The fourth-order valence-electron chi connectivity index (χ4n) is 2.91. The van der Waals surface area contributed by atoms with Crippen molar-refractivity contribution in [3.8, 4) is 5.75 Å². The zero-order chi connectivity index (χ0) is 14.8. The molecular formula is C16H21N3O2. The molecule has 3 N–H and O–H groups in total. The quantitative estimate of drug-likeness (QED) is 0.894. The normalized spacial score (nSPS) is 19.2. The summed E-state index contributed by atoms with van der Waals surface area (Å²) in [6.07, 6.45) is 1.05. The van der Waals surface area contributed by atoms with Crippen molar-refractivity contribution >= 4 is 16.7 Å². The van der Waals surface area contributed by atoms with E-state index in [0.717, 1.165) is 48.3 Å². The van der Waals surface area contributed by atoms with Crippen molar-refractivity contribution in [1.29, 1.82) is 0 Å². The van der Waals surface area contributed by atoms with Gasteiger partial charge in [-0.2, -0.15) is 0 Å². The van der Waals surface area contributed by atoms with Gasteiger partial charge in [-0.3, -0.25) is 4.90 Å². The molecule has 0 radical (unpaired) electrons. The minimum absolute atomic E-state index is 0.266. The van der Waals surface area contributed by atoms with E-state index in [1.807, 2.05) is 18.2 Å². The summed E-state index contributed by atoms with van der Waals surface area (Å²) < 4.78 is 5.21. The van der Waals surface area contributed by atoms with Crippen LogP contribution in [0.1, 0.15) is 12.0 Å². The van der Waals surface area contributed by atoms with Gasteiger partial charge in [-0.25, -0.2) is 4.98 Å². The SMILES string of the molecule is COc1ccc2cc(CN3CCC(CO)C3)c(N)nc2c1. The molecule has 5 heteroatoms. The lowest BCUT2D eigenvalue weighted by atomic mass is 10.1. The Morgan fingerprint density at radius 1 is 1.43 bits per heavy atom. The van der Waals surface area contributed by atoms with Gasteiger partial charge in [0, 0.05) is 36.7 Å². The van der Waals surface area contributed by atoms with Gasteiger partial charge in [-0.05, 0) is 37.1 Å². The predicted octanol–water partition coefficient (Wildman–Crippen LogP) is 1.64. The summed E-state index contributed by atoms with van der Waals surface area (Å²) in [5, 5.41) is 10.3. The van der Waals surface area contributed by atoms with E-state index < -0.39 is 0 Å². The van der Waals surface area contributed by atoms with Gasteiger partial charge in [0.2, 0.25) is 0 Å². The van der Waals surface area contributed by atoms with Crippen LogP contribution in [-0.2, 0) is 6.54 Å². The van der Waals surface area contributed by atoms with Crippen molar-refractivity contribution in [3.63, 3.8) is 0 Å². The van der Waals surface area contributed by atoms with Crippen molar-refractivity contribution in [2.24, 2.45) is 5.92 Å². The van der Waals surface area contributed by atoms with Crippen molar-refractivity contribution in [2.45, 2.75) is 13.0 Å². The van der Waals surface area contributed by atoms with Crippen LogP contribution in [0.3, 0.4) is 0 Å². The zero-order valence-electron chi connectivity index (χ0n) is 12.2. The Kier molecular flexibility index (Phi) is 3.94. The van der Waals surface area contributed by atoms with Gasteiger partial charge < -0.3 is 15.6 Å². The molecule has 1 unspecified atom stereocenters. The molecule has 2 heterocycles. The van der Waals surface area contributed by atoms with Gasteiger partial charge in [0.1, 0.15) is 11.6 Å². The van der Waals surface area contributed by atoms with E-state index in [4.69, 9.17) is 10.5 Å². The third kappa shape index (κ3) is 2.94. The Bertz CT molecular complexity index is 645. The molecule has 1 aliphatic rings. The molecule has 21 heavy (non-hydrogen) atoms. The van der Waals surface area contributed by atoms with Crippen LogP contribution in [0.4, 0.5) is 5.82 Å². The Labute approximate surface area is 124 Å². The van der Waals surface area contributed by atoms with Gasteiger partial charge in [0.25, 0.3) is 0 Å². The van der Waals surface area contributed by atoms with Crippen molar-refractivity contribution in [3.05, 3.63) is 29.8 Å².